The van der Waals surface area contributed by atoms with Crippen LogP contribution >= 0.6 is 11.8 Å². The molecule has 1 amide bonds. The molecule has 5 heteroatoms. The second-order valence-electron chi connectivity index (χ2n) is 6.04. The molecule has 0 saturated heterocycles. The molecule has 2 aromatic carbocycles. The van der Waals surface area contributed by atoms with Crippen molar-refractivity contribution in [3.8, 4) is 0 Å². The summed E-state index contributed by atoms with van der Waals surface area (Å²) in [5, 5.41) is 3.00. The number of carbonyl (C=O) groups is 1. The van der Waals surface area contributed by atoms with Crippen molar-refractivity contribution in [2.75, 3.05) is 24.3 Å². The normalized spacial score (nSPS) is 10.4. The lowest BCUT2D eigenvalue weighted by Gasteiger charge is -2.14. The monoisotopic (exact) mass is 363 g/mol. The zero-order valence-electron chi connectivity index (χ0n) is 14.8. The minimum atomic E-state index is -0.0984. The van der Waals surface area contributed by atoms with Gasteiger partial charge in [0.15, 0.2) is 0 Å². The van der Waals surface area contributed by atoms with Crippen LogP contribution < -0.4 is 10.2 Å². The Morgan fingerprint density at radius 3 is 2.58 bits per heavy atom. The van der Waals surface area contributed by atoms with Crippen molar-refractivity contribution in [3.63, 3.8) is 0 Å². The van der Waals surface area contributed by atoms with Crippen molar-refractivity contribution in [3.05, 3.63) is 84.2 Å². The number of nitrogens with zero attached hydrogens (tertiary/aromatic N) is 2. The molecular weight excluding hydrogens is 342 g/mol. The lowest BCUT2D eigenvalue weighted by Crippen LogP contribution is -2.14. The van der Waals surface area contributed by atoms with Gasteiger partial charge in [-0.05, 0) is 48.0 Å². The van der Waals surface area contributed by atoms with Crippen LogP contribution in [0.5, 0.6) is 0 Å². The second-order valence-corrected chi connectivity index (χ2v) is 7.06. The quantitative estimate of drug-likeness (QED) is 0.645. The van der Waals surface area contributed by atoms with E-state index in [1.165, 1.54) is 5.56 Å². The standard InChI is InChI=1S/C21H21N3OS/c1-24(2)18-7-5-6-17(14-18)23-21(25)19-8-3-4-9-20(19)26-15-16-10-12-22-13-11-16/h3-14H,15H2,1-2H3,(H,23,25). The molecule has 0 spiro atoms. The summed E-state index contributed by atoms with van der Waals surface area (Å²) in [6, 6.07) is 19.5. The number of thioether (sulfide) groups is 1. The summed E-state index contributed by atoms with van der Waals surface area (Å²) in [5.74, 6) is 0.696. The molecule has 0 radical (unpaired) electrons. The first-order chi connectivity index (χ1) is 12.6. The van der Waals surface area contributed by atoms with Gasteiger partial charge in [-0.2, -0.15) is 0 Å². The smallest absolute Gasteiger partial charge is 0.256 e. The van der Waals surface area contributed by atoms with E-state index < -0.39 is 0 Å². The number of carbonyl (C=O) groups excluding carboxylic acids is 1. The summed E-state index contributed by atoms with van der Waals surface area (Å²) in [7, 11) is 3.96. The molecule has 0 unspecified atom stereocenters. The summed E-state index contributed by atoms with van der Waals surface area (Å²) in [6.45, 7) is 0. The average Bonchev–Trinajstić information content (AvgIpc) is 2.67. The fourth-order valence-corrected chi connectivity index (χ4v) is 3.49. The van der Waals surface area contributed by atoms with E-state index >= 15 is 0 Å². The van der Waals surface area contributed by atoms with Crippen molar-refractivity contribution in [2.45, 2.75) is 10.6 Å². The van der Waals surface area contributed by atoms with Gasteiger partial charge in [0, 0.05) is 48.5 Å². The molecule has 4 nitrogen and oxygen atoms in total. The molecule has 0 saturated carbocycles. The van der Waals surface area contributed by atoms with Gasteiger partial charge in [0.05, 0.1) is 5.56 Å². The number of amides is 1. The van der Waals surface area contributed by atoms with Crippen molar-refractivity contribution < 1.29 is 4.79 Å². The zero-order chi connectivity index (χ0) is 18.4. The van der Waals surface area contributed by atoms with E-state index in [1.807, 2.05) is 79.7 Å². The van der Waals surface area contributed by atoms with Crippen LogP contribution in [0, 0.1) is 0 Å². The molecule has 0 fully saturated rings. The van der Waals surface area contributed by atoms with E-state index in [0.29, 0.717) is 5.56 Å². The van der Waals surface area contributed by atoms with Crippen LogP contribution in [0.4, 0.5) is 11.4 Å². The molecule has 1 heterocycles. The second kappa shape index (κ2) is 8.54. The Hall–Kier alpha value is -2.79. The first-order valence-electron chi connectivity index (χ1n) is 8.33. The molecule has 0 atom stereocenters. The highest BCUT2D eigenvalue weighted by molar-refractivity contribution is 7.98. The molecule has 26 heavy (non-hydrogen) atoms. The zero-order valence-corrected chi connectivity index (χ0v) is 15.7. The fraction of sp³-hybridized carbons (Fsp3) is 0.143. The predicted molar refractivity (Wildman–Crippen MR) is 109 cm³/mol. The minimum absolute atomic E-state index is 0.0984. The van der Waals surface area contributed by atoms with Crippen molar-refractivity contribution in [1.29, 1.82) is 0 Å². The van der Waals surface area contributed by atoms with Gasteiger partial charge < -0.3 is 10.2 Å². The lowest BCUT2D eigenvalue weighted by molar-refractivity contribution is 0.102. The van der Waals surface area contributed by atoms with Crippen LogP contribution in [0.1, 0.15) is 15.9 Å². The van der Waals surface area contributed by atoms with E-state index in [2.05, 4.69) is 10.3 Å². The predicted octanol–water partition coefficient (Wildman–Crippen LogP) is 4.69. The number of rotatable bonds is 6. The highest BCUT2D eigenvalue weighted by Gasteiger charge is 2.12. The summed E-state index contributed by atoms with van der Waals surface area (Å²) in [5.41, 5.74) is 3.69. The Kier molecular flexibility index (Phi) is 5.92. The van der Waals surface area contributed by atoms with E-state index in [0.717, 1.165) is 22.0 Å². The molecule has 132 valence electrons. The molecule has 0 bridgehead atoms. The van der Waals surface area contributed by atoms with Crippen LogP contribution in [0.15, 0.2) is 78.0 Å². The number of hydrogen-bond acceptors (Lipinski definition) is 4. The molecule has 3 rings (SSSR count). The Morgan fingerprint density at radius 1 is 1.04 bits per heavy atom. The van der Waals surface area contributed by atoms with Gasteiger partial charge in [0.25, 0.3) is 5.91 Å². The van der Waals surface area contributed by atoms with Crippen LogP contribution in [0.25, 0.3) is 0 Å². The van der Waals surface area contributed by atoms with Gasteiger partial charge in [-0.1, -0.05) is 18.2 Å². The van der Waals surface area contributed by atoms with Crippen LogP contribution in [-0.4, -0.2) is 25.0 Å². The van der Waals surface area contributed by atoms with Gasteiger partial charge in [-0.15, -0.1) is 11.8 Å². The highest BCUT2D eigenvalue weighted by atomic mass is 32.2. The Morgan fingerprint density at radius 2 is 1.81 bits per heavy atom. The van der Waals surface area contributed by atoms with E-state index in [9.17, 15) is 4.79 Å². The van der Waals surface area contributed by atoms with Gasteiger partial charge >= 0.3 is 0 Å². The van der Waals surface area contributed by atoms with E-state index in [1.54, 1.807) is 24.2 Å². The first kappa shape index (κ1) is 18.0. The van der Waals surface area contributed by atoms with Crippen LogP contribution in [0.2, 0.25) is 0 Å². The number of hydrogen-bond donors (Lipinski definition) is 1. The van der Waals surface area contributed by atoms with E-state index in [4.69, 9.17) is 0 Å². The maximum absolute atomic E-state index is 12.8. The van der Waals surface area contributed by atoms with Crippen LogP contribution in [0.3, 0.4) is 0 Å². The Bertz CT molecular complexity index is 881. The maximum atomic E-state index is 12.8. The molecule has 0 aliphatic rings. The van der Waals surface area contributed by atoms with E-state index in [-0.39, 0.29) is 5.91 Å². The summed E-state index contributed by atoms with van der Waals surface area (Å²) in [4.78, 5) is 19.8. The van der Waals surface area contributed by atoms with Crippen LogP contribution in [-0.2, 0) is 5.75 Å². The van der Waals surface area contributed by atoms with Crippen molar-refractivity contribution in [1.82, 2.24) is 4.98 Å². The molecule has 0 aliphatic carbocycles. The third kappa shape index (κ3) is 4.64. The average molecular weight is 363 g/mol. The number of benzene rings is 2. The maximum Gasteiger partial charge on any atom is 0.256 e. The lowest BCUT2D eigenvalue weighted by atomic mass is 10.2. The van der Waals surface area contributed by atoms with Crippen molar-refractivity contribution >= 4 is 29.0 Å². The summed E-state index contributed by atoms with van der Waals surface area (Å²) in [6.07, 6.45) is 3.57. The third-order valence-corrected chi connectivity index (χ3v) is 5.04. The number of aromatic nitrogens is 1. The summed E-state index contributed by atoms with van der Waals surface area (Å²) >= 11 is 1.65. The van der Waals surface area contributed by atoms with Gasteiger partial charge in [-0.3, -0.25) is 9.78 Å². The molecule has 3 aromatic rings. The van der Waals surface area contributed by atoms with Gasteiger partial charge in [-0.25, -0.2) is 0 Å². The number of pyridine rings is 1. The third-order valence-electron chi connectivity index (χ3n) is 3.90. The minimum Gasteiger partial charge on any atom is -0.378 e. The molecule has 0 aliphatic heterocycles. The molecule has 1 aromatic heterocycles. The molecule has 1 N–H and O–H groups in total. The number of nitrogens with one attached hydrogen (secondary N) is 1. The Labute approximate surface area is 158 Å². The Balaban J connectivity index is 1.74. The van der Waals surface area contributed by atoms with Gasteiger partial charge in [0.1, 0.15) is 0 Å². The molecular formula is C21H21N3OS. The fourth-order valence-electron chi connectivity index (χ4n) is 2.48. The first-order valence-corrected chi connectivity index (χ1v) is 9.31. The highest BCUT2D eigenvalue weighted by Crippen LogP contribution is 2.27. The summed E-state index contributed by atoms with van der Waals surface area (Å²) < 4.78 is 0. The topological polar surface area (TPSA) is 45.2 Å². The van der Waals surface area contributed by atoms with Crippen molar-refractivity contribution in [2.24, 2.45) is 0 Å². The SMILES string of the molecule is CN(C)c1cccc(NC(=O)c2ccccc2SCc2ccncc2)c1. The largest absolute Gasteiger partial charge is 0.378 e. The number of anilines is 2. The van der Waals surface area contributed by atoms with Gasteiger partial charge in [0.2, 0.25) is 0 Å².